The van der Waals surface area contributed by atoms with Gasteiger partial charge in [-0.2, -0.15) is 0 Å². The molecule has 0 saturated heterocycles. The molecular formula is C24H50O2S2. The van der Waals surface area contributed by atoms with E-state index in [1.807, 2.05) is 0 Å². The van der Waals surface area contributed by atoms with Crippen LogP contribution in [0.2, 0.25) is 0 Å². The first-order chi connectivity index (χ1) is 13.6. The summed E-state index contributed by atoms with van der Waals surface area (Å²) in [6.45, 7) is 4.51. The molecule has 28 heavy (non-hydrogen) atoms. The topological polar surface area (TPSA) is 34.1 Å². The van der Waals surface area contributed by atoms with Crippen LogP contribution in [0, 0.1) is 0 Å². The van der Waals surface area contributed by atoms with E-state index in [4.69, 9.17) is 0 Å². The maximum atomic E-state index is 12.1. The van der Waals surface area contributed by atoms with E-state index in [1.165, 1.54) is 120 Å². The predicted molar refractivity (Wildman–Crippen MR) is 130 cm³/mol. The van der Waals surface area contributed by atoms with Gasteiger partial charge in [0.25, 0.3) is 0 Å². The molecule has 0 spiro atoms. The van der Waals surface area contributed by atoms with Crippen molar-refractivity contribution in [2.45, 2.75) is 142 Å². The molecule has 0 saturated carbocycles. The molecule has 0 aromatic carbocycles. The number of hydrogen-bond acceptors (Lipinski definition) is 3. The van der Waals surface area contributed by atoms with Crippen molar-refractivity contribution in [1.82, 2.24) is 0 Å². The Bertz CT molecular complexity index is 393. The van der Waals surface area contributed by atoms with Gasteiger partial charge < -0.3 is 0 Å². The lowest BCUT2D eigenvalue weighted by Crippen LogP contribution is -2.02. The van der Waals surface area contributed by atoms with Crippen LogP contribution in [0.1, 0.15) is 142 Å². The third-order valence-corrected chi connectivity index (χ3v) is 9.19. The average molecular weight is 435 g/mol. The second-order valence-corrected chi connectivity index (χ2v) is 12.8. The molecule has 0 amide bonds. The van der Waals surface area contributed by atoms with Crippen molar-refractivity contribution in [1.29, 1.82) is 0 Å². The third kappa shape index (κ3) is 22.6. The van der Waals surface area contributed by atoms with Crippen molar-refractivity contribution in [3.63, 3.8) is 0 Å². The molecule has 0 aliphatic carbocycles. The van der Waals surface area contributed by atoms with Gasteiger partial charge in [0.2, 0.25) is 8.87 Å². The van der Waals surface area contributed by atoms with Crippen LogP contribution in [0.5, 0.6) is 0 Å². The van der Waals surface area contributed by atoms with Gasteiger partial charge in [0.1, 0.15) is 0 Å². The third-order valence-electron chi connectivity index (χ3n) is 5.51. The van der Waals surface area contributed by atoms with Crippen molar-refractivity contribution in [3.8, 4) is 0 Å². The maximum absolute atomic E-state index is 12.1. The SMILES string of the molecule is CCCCCCCCCCCCSS(=O)(=O)CCCCCCCCCCCC. The Kier molecular flexibility index (Phi) is 22.2. The molecule has 0 radical (unpaired) electrons. The van der Waals surface area contributed by atoms with Gasteiger partial charge in [0, 0.05) is 5.75 Å². The average Bonchev–Trinajstić information content (AvgIpc) is 2.67. The first-order valence-corrected chi connectivity index (χ1v) is 15.6. The molecule has 4 heteroatoms. The zero-order valence-corrected chi connectivity index (χ0v) is 20.8. The normalized spacial score (nSPS) is 11.9. The zero-order chi connectivity index (χ0) is 20.8. The summed E-state index contributed by atoms with van der Waals surface area (Å²) in [6, 6.07) is 0. The lowest BCUT2D eigenvalue weighted by atomic mass is 10.1. The number of hydrogen-bond donors (Lipinski definition) is 0. The molecule has 0 rings (SSSR count). The highest BCUT2D eigenvalue weighted by Crippen LogP contribution is 2.19. The van der Waals surface area contributed by atoms with Crippen LogP contribution >= 0.6 is 10.8 Å². The summed E-state index contributed by atoms with van der Waals surface area (Å²) in [5.41, 5.74) is 0. The Balaban J connectivity index is 3.33. The fourth-order valence-electron chi connectivity index (χ4n) is 3.60. The van der Waals surface area contributed by atoms with Crippen LogP contribution in [-0.4, -0.2) is 19.9 Å². The number of unbranched alkanes of at least 4 members (excludes halogenated alkanes) is 18. The summed E-state index contributed by atoms with van der Waals surface area (Å²) in [5.74, 6) is 1.17. The fourth-order valence-corrected chi connectivity index (χ4v) is 6.67. The fraction of sp³-hybridized carbons (Fsp3) is 1.00. The highest BCUT2D eigenvalue weighted by Gasteiger charge is 2.10. The minimum atomic E-state index is -2.88. The van der Waals surface area contributed by atoms with Crippen molar-refractivity contribution < 1.29 is 8.42 Å². The Labute approximate surface area is 181 Å². The molecule has 0 aliphatic heterocycles. The summed E-state index contributed by atoms with van der Waals surface area (Å²) >= 11 is 0. The molecule has 0 atom stereocenters. The van der Waals surface area contributed by atoms with Gasteiger partial charge >= 0.3 is 0 Å². The first kappa shape index (κ1) is 28.3. The second-order valence-electron chi connectivity index (χ2n) is 8.45. The van der Waals surface area contributed by atoms with E-state index in [0.29, 0.717) is 5.75 Å². The molecule has 0 aromatic rings. The van der Waals surface area contributed by atoms with Crippen LogP contribution < -0.4 is 0 Å². The molecule has 0 aromatic heterocycles. The van der Waals surface area contributed by atoms with Crippen LogP contribution in [0.4, 0.5) is 0 Å². The van der Waals surface area contributed by atoms with Gasteiger partial charge in [-0.15, -0.1) is 0 Å². The largest absolute Gasteiger partial charge is 0.217 e. The first-order valence-electron chi connectivity index (χ1n) is 12.5. The standard InChI is InChI=1S/C24H50O2S2/c1-3-5-7-9-11-13-15-17-19-21-23-27-28(25,26)24-22-20-18-16-14-12-10-8-6-4-2/h3-24H2,1-2H3. The van der Waals surface area contributed by atoms with E-state index in [-0.39, 0.29) is 0 Å². The number of rotatable bonds is 23. The highest BCUT2D eigenvalue weighted by atomic mass is 33.1. The molecule has 2 nitrogen and oxygen atoms in total. The summed E-state index contributed by atoms with van der Waals surface area (Å²) < 4.78 is 24.2. The van der Waals surface area contributed by atoms with Crippen molar-refractivity contribution in [2.75, 3.05) is 11.5 Å². The molecule has 0 unspecified atom stereocenters. The van der Waals surface area contributed by atoms with Crippen molar-refractivity contribution in [3.05, 3.63) is 0 Å². The summed E-state index contributed by atoms with van der Waals surface area (Å²) in [6.07, 6.45) is 25.6. The van der Waals surface area contributed by atoms with Crippen LogP contribution in [0.3, 0.4) is 0 Å². The maximum Gasteiger partial charge on any atom is 0.201 e. The molecule has 170 valence electrons. The van der Waals surface area contributed by atoms with E-state index in [9.17, 15) is 8.42 Å². The van der Waals surface area contributed by atoms with Crippen LogP contribution in [-0.2, 0) is 8.87 Å². The van der Waals surface area contributed by atoms with Gasteiger partial charge in [0.05, 0.1) is 5.75 Å². The van der Waals surface area contributed by atoms with E-state index >= 15 is 0 Å². The Hall–Kier alpha value is 0.300. The molecule has 0 fully saturated rings. The van der Waals surface area contributed by atoms with E-state index in [0.717, 1.165) is 25.0 Å². The van der Waals surface area contributed by atoms with Crippen LogP contribution in [0.25, 0.3) is 0 Å². The molecule has 0 heterocycles. The second kappa shape index (κ2) is 22.0. The minimum absolute atomic E-state index is 0.381. The summed E-state index contributed by atoms with van der Waals surface area (Å²) in [7, 11) is -1.68. The van der Waals surface area contributed by atoms with Crippen molar-refractivity contribution in [2.24, 2.45) is 0 Å². The molecule has 0 aliphatic rings. The lowest BCUT2D eigenvalue weighted by Gasteiger charge is -2.05. The predicted octanol–water partition coefficient (Wildman–Crippen LogP) is 8.89. The Morgan fingerprint density at radius 3 is 1.18 bits per heavy atom. The van der Waals surface area contributed by atoms with Gasteiger partial charge in [-0.3, -0.25) is 0 Å². The monoisotopic (exact) mass is 434 g/mol. The highest BCUT2D eigenvalue weighted by molar-refractivity contribution is 8.72. The van der Waals surface area contributed by atoms with Gasteiger partial charge in [0.15, 0.2) is 0 Å². The van der Waals surface area contributed by atoms with Crippen molar-refractivity contribution >= 4 is 19.7 Å². The lowest BCUT2D eigenvalue weighted by molar-refractivity contribution is 0.559. The zero-order valence-electron chi connectivity index (χ0n) is 19.2. The molecule has 0 bridgehead atoms. The quantitative estimate of drug-likeness (QED) is 0.119. The summed E-state index contributed by atoms with van der Waals surface area (Å²) in [4.78, 5) is 0. The summed E-state index contributed by atoms with van der Waals surface area (Å²) in [5, 5.41) is 0. The van der Waals surface area contributed by atoms with Gasteiger partial charge in [-0.25, -0.2) is 8.42 Å². The molecule has 0 N–H and O–H groups in total. The van der Waals surface area contributed by atoms with Gasteiger partial charge in [-0.1, -0.05) is 129 Å². The van der Waals surface area contributed by atoms with E-state index < -0.39 is 8.87 Å². The smallest absolute Gasteiger partial charge is 0.201 e. The Morgan fingerprint density at radius 2 is 0.786 bits per heavy atom. The van der Waals surface area contributed by atoms with E-state index in [1.54, 1.807) is 0 Å². The van der Waals surface area contributed by atoms with Crippen LogP contribution in [0.15, 0.2) is 0 Å². The Morgan fingerprint density at radius 1 is 0.464 bits per heavy atom. The van der Waals surface area contributed by atoms with Gasteiger partial charge in [-0.05, 0) is 23.6 Å². The minimum Gasteiger partial charge on any atom is -0.217 e. The van der Waals surface area contributed by atoms with E-state index in [2.05, 4.69) is 13.8 Å². The molecular weight excluding hydrogens is 384 g/mol.